The molecule has 0 saturated heterocycles. The number of nitrogens with one attached hydrogen (secondary N) is 3. The van der Waals surface area contributed by atoms with Crippen LogP contribution >= 0.6 is 34.8 Å². The number of urea groups is 1. The number of nitrogens with zero attached hydrogens (tertiary/aromatic N) is 2. The second kappa shape index (κ2) is 8.23. The number of amides is 3. The largest absolute Gasteiger partial charge is 0.342 e. The standard InChI is InChI=1S/C14H14Cl3N5O2/c1-8-2-5-22(21-8)14(24)19-4-3-18-13(23)20-12-10(16)6-9(15)7-11(12)17/h2,5-7H,3-4H2,1H3,(H,19,24)(H2,18,20,23). The van der Waals surface area contributed by atoms with E-state index in [4.69, 9.17) is 34.8 Å². The van der Waals surface area contributed by atoms with Crippen molar-refractivity contribution >= 4 is 52.6 Å². The Labute approximate surface area is 153 Å². The molecule has 0 bridgehead atoms. The third kappa shape index (κ3) is 5.02. The van der Waals surface area contributed by atoms with Crippen LogP contribution in [0.3, 0.4) is 0 Å². The van der Waals surface area contributed by atoms with E-state index in [-0.39, 0.29) is 34.9 Å². The van der Waals surface area contributed by atoms with E-state index in [1.165, 1.54) is 16.8 Å². The van der Waals surface area contributed by atoms with Crippen LogP contribution in [0.2, 0.25) is 15.1 Å². The van der Waals surface area contributed by atoms with Gasteiger partial charge in [-0.05, 0) is 25.1 Å². The lowest BCUT2D eigenvalue weighted by Crippen LogP contribution is -2.38. The number of carbonyl (C=O) groups is 2. The Balaban J connectivity index is 1.77. The van der Waals surface area contributed by atoms with Crippen molar-refractivity contribution in [2.45, 2.75) is 6.92 Å². The number of benzene rings is 1. The Bertz CT molecular complexity index is 740. The van der Waals surface area contributed by atoms with E-state index in [1.54, 1.807) is 19.2 Å². The third-order valence-electron chi connectivity index (χ3n) is 2.86. The Morgan fingerprint density at radius 3 is 2.33 bits per heavy atom. The summed E-state index contributed by atoms with van der Waals surface area (Å²) in [5.74, 6) is 0. The van der Waals surface area contributed by atoms with Crippen molar-refractivity contribution < 1.29 is 9.59 Å². The first-order valence-electron chi connectivity index (χ1n) is 6.86. The van der Waals surface area contributed by atoms with Gasteiger partial charge in [-0.15, -0.1) is 0 Å². The van der Waals surface area contributed by atoms with Gasteiger partial charge in [-0.2, -0.15) is 9.78 Å². The highest BCUT2D eigenvalue weighted by atomic mass is 35.5. The number of hydrogen-bond acceptors (Lipinski definition) is 3. The molecule has 2 aromatic rings. The summed E-state index contributed by atoms with van der Waals surface area (Å²) in [4.78, 5) is 23.5. The van der Waals surface area contributed by atoms with Crippen molar-refractivity contribution in [3.8, 4) is 0 Å². The molecule has 128 valence electrons. The summed E-state index contributed by atoms with van der Waals surface area (Å²) in [6, 6.07) is 3.76. The topological polar surface area (TPSA) is 88.0 Å². The lowest BCUT2D eigenvalue weighted by molar-refractivity contribution is 0.238. The molecule has 0 atom stereocenters. The summed E-state index contributed by atoms with van der Waals surface area (Å²) < 4.78 is 1.18. The lowest BCUT2D eigenvalue weighted by atomic mass is 10.3. The molecule has 1 aromatic heterocycles. The number of carbonyl (C=O) groups excluding carboxylic acids is 2. The molecule has 1 heterocycles. The maximum atomic E-state index is 11.8. The maximum absolute atomic E-state index is 11.8. The van der Waals surface area contributed by atoms with Gasteiger partial charge in [0.1, 0.15) is 0 Å². The van der Waals surface area contributed by atoms with E-state index in [9.17, 15) is 9.59 Å². The number of hydrogen-bond donors (Lipinski definition) is 3. The zero-order valence-corrected chi connectivity index (χ0v) is 14.8. The van der Waals surface area contributed by atoms with Crippen LogP contribution in [-0.2, 0) is 0 Å². The first-order chi connectivity index (χ1) is 11.4. The molecule has 3 N–H and O–H groups in total. The zero-order valence-electron chi connectivity index (χ0n) is 12.6. The quantitative estimate of drug-likeness (QED) is 0.698. The Morgan fingerprint density at radius 1 is 1.12 bits per heavy atom. The van der Waals surface area contributed by atoms with Crippen LogP contribution in [0.4, 0.5) is 15.3 Å². The van der Waals surface area contributed by atoms with Crippen molar-refractivity contribution in [3.05, 3.63) is 45.2 Å². The highest BCUT2D eigenvalue weighted by Crippen LogP contribution is 2.33. The Hall–Kier alpha value is -1.96. The summed E-state index contributed by atoms with van der Waals surface area (Å²) in [6.07, 6.45) is 1.55. The van der Waals surface area contributed by atoms with Crippen molar-refractivity contribution in [3.63, 3.8) is 0 Å². The Kier molecular flexibility index (Phi) is 6.30. The zero-order chi connectivity index (χ0) is 17.7. The van der Waals surface area contributed by atoms with Crippen molar-refractivity contribution in [1.82, 2.24) is 20.4 Å². The second-order valence-electron chi connectivity index (χ2n) is 4.76. The first kappa shape index (κ1) is 18.4. The molecule has 3 amide bonds. The minimum atomic E-state index is -0.509. The fourth-order valence-corrected chi connectivity index (χ4v) is 2.69. The number of halogens is 3. The Morgan fingerprint density at radius 2 is 1.75 bits per heavy atom. The van der Waals surface area contributed by atoms with Crippen LogP contribution in [0.15, 0.2) is 24.4 Å². The minimum absolute atomic E-state index is 0.209. The molecule has 0 radical (unpaired) electrons. The van der Waals surface area contributed by atoms with E-state index < -0.39 is 6.03 Å². The van der Waals surface area contributed by atoms with Crippen LogP contribution in [0.1, 0.15) is 5.69 Å². The van der Waals surface area contributed by atoms with E-state index in [1.807, 2.05) is 0 Å². The van der Waals surface area contributed by atoms with Crippen LogP contribution < -0.4 is 16.0 Å². The monoisotopic (exact) mass is 389 g/mol. The van der Waals surface area contributed by atoms with Gasteiger partial charge in [0.15, 0.2) is 0 Å². The van der Waals surface area contributed by atoms with Crippen LogP contribution in [0.25, 0.3) is 0 Å². The molecule has 0 saturated carbocycles. The average molecular weight is 391 g/mol. The normalized spacial score (nSPS) is 10.3. The van der Waals surface area contributed by atoms with Crippen molar-refractivity contribution in [2.75, 3.05) is 18.4 Å². The van der Waals surface area contributed by atoms with Gasteiger partial charge < -0.3 is 16.0 Å². The SMILES string of the molecule is Cc1ccn(C(=O)NCCNC(=O)Nc2c(Cl)cc(Cl)cc2Cl)n1. The molecule has 2 rings (SSSR count). The fourth-order valence-electron chi connectivity index (χ4n) is 1.77. The lowest BCUT2D eigenvalue weighted by Gasteiger charge is -2.11. The number of rotatable bonds is 4. The number of aryl methyl sites for hydroxylation is 1. The first-order valence-corrected chi connectivity index (χ1v) is 8.00. The van der Waals surface area contributed by atoms with Gasteiger partial charge >= 0.3 is 12.1 Å². The van der Waals surface area contributed by atoms with Gasteiger partial charge in [-0.3, -0.25) is 0 Å². The predicted octanol–water partition coefficient (Wildman–Crippen LogP) is 3.53. The summed E-state index contributed by atoms with van der Waals surface area (Å²) in [7, 11) is 0. The van der Waals surface area contributed by atoms with E-state index in [0.717, 1.165) is 5.69 Å². The second-order valence-corrected chi connectivity index (χ2v) is 6.01. The van der Waals surface area contributed by atoms with Crippen LogP contribution in [0, 0.1) is 6.92 Å². The van der Waals surface area contributed by atoms with E-state index in [2.05, 4.69) is 21.0 Å². The summed E-state index contributed by atoms with van der Waals surface area (Å²) in [5, 5.41) is 12.5. The van der Waals surface area contributed by atoms with Crippen LogP contribution in [-0.4, -0.2) is 34.9 Å². The minimum Gasteiger partial charge on any atom is -0.336 e. The van der Waals surface area contributed by atoms with Gasteiger partial charge in [0, 0.05) is 24.3 Å². The molecule has 0 aliphatic rings. The van der Waals surface area contributed by atoms with Gasteiger partial charge in [0.25, 0.3) is 0 Å². The molecular weight excluding hydrogens is 377 g/mol. The predicted molar refractivity (Wildman–Crippen MR) is 94.3 cm³/mol. The molecule has 24 heavy (non-hydrogen) atoms. The van der Waals surface area contributed by atoms with E-state index in [0.29, 0.717) is 5.02 Å². The van der Waals surface area contributed by atoms with Gasteiger partial charge in [0.2, 0.25) is 0 Å². The van der Waals surface area contributed by atoms with Gasteiger partial charge in [-0.25, -0.2) is 9.59 Å². The fraction of sp³-hybridized carbons (Fsp3) is 0.214. The average Bonchev–Trinajstić information content (AvgIpc) is 2.94. The summed E-state index contributed by atoms with van der Waals surface area (Å²) >= 11 is 17.7. The highest BCUT2D eigenvalue weighted by molar-refractivity contribution is 6.42. The summed E-state index contributed by atoms with van der Waals surface area (Å²) in [6.45, 7) is 2.22. The molecular formula is C14H14Cl3N5O2. The number of aromatic nitrogens is 2. The summed E-state index contributed by atoms with van der Waals surface area (Å²) in [5.41, 5.74) is 0.996. The van der Waals surface area contributed by atoms with Gasteiger partial charge in [0.05, 0.1) is 21.4 Å². The van der Waals surface area contributed by atoms with Crippen molar-refractivity contribution in [2.24, 2.45) is 0 Å². The maximum Gasteiger partial charge on any atom is 0.342 e. The molecule has 0 spiro atoms. The molecule has 0 aliphatic carbocycles. The smallest absolute Gasteiger partial charge is 0.336 e. The third-order valence-corrected chi connectivity index (χ3v) is 3.68. The molecule has 0 aliphatic heterocycles. The highest BCUT2D eigenvalue weighted by Gasteiger charge is 2.11. The molecule has 0 fully saturated rings. The number of anilines is 1. The molecule has 0 unspecified atom stereocenters. The van der Waals surface area contributed by atoms with Crippen molar-refractivity contribution in [1.29, 1.82) is 0 Å². The molecule has 7 nitrogen and oxygen atoms in total. The van der Waals surface area contributed by atoms with Gasteiger partial charge in [-0.1, -0.05) is 34.8 Å². The van der Waals surface area contributed by atoms with E-state index >= 15 is 0 Å². The molecule has 10 heteroatoms. The van der Waals surface area contributed by atoms with Crippen LogP contribution in [0.5, 0.6) is 0 Å². The molecule has 1 aromatic carbocycles.